The van der Waals surface area contributed by atoms with Crippen LogP contribution < -0.4 is 20.7 Å². The molecule has 1 amide bonds. The van der Waals surface area contributed by atoms with Crippen LogP contribution in [0.5, 0.6) is 5.75 Å². The van der Waals surface area contributed by atoms with Crippen molar-refractivity contribution in [1.29, 1.82) is 0 Å². The number of hydrogen-bond acceptors (Lipinski definition) is 7. The number of halogens is 1. The second kappa shape index (κ2) is 9.32. The first-order valence-electron chi connectivity index (χ1n) is 9.24. The van der Waals surface area contributed by atoms with Crippen molar-refractivity contribution >= 4 is 17.5 Å². The number of primary amides is 1. The van der Waals surface area contributed by atoms with Gasteiger partial charge < -0.3 is 20.7 Å². The molecular weight excluding hydrogens is 363 g/mol. The van der Waals surface area contributed by atoms with Gasteiger partial charge in [0.1, 0.15) is 17.3 Å². The van der Waals surface area contributed by atoms with Crippen LogP contribution in [-0.4, -0.2) is 67.2 Å². The third-order valence-corrected chi connectivity index (χ3v) is 4.70. The first kappa shape index (κ1) is 19.8. The van der Waals surface area contributed by atoms with Crippen molar-refractivity contribution in [2.45, 2.75) is 6.42 Å². The Kier molecular flexibility index (Phi) is 6.59. The molecule has 0 spiro atoms. The van der Waals surface area contributed by atoms with Crippen molar-refractivity contribution in [3.8, 4) is 5.75 Å². The van der Waals surface area contributed by atoms with Crippen LogP contribution in [-0.2, 0) is 0 Å². The van der Waals surface area contributed by atoms with E-state index in [9.17, 15) is 9.18 Å². The summed E-state index contributed by atoms with van der Waals surface area (Å²) in [6.45, 7) is 5.05. The molecular formula is C19H25FN6O2. The van der Waals surface area contributed by atoms with Gasteiger partial charge in [0.2, 0.25) is 5.95 Å². The molecule has 0 atom stereocenters. The number of rotatable bonds is 8. The van der Waals surface area contributed by atoms with Gasteiger partial charge >= 0.3 is 0 Å². The van der Waals surface area contributed by atoms with E-state index in [-0.39, 0.29) is 11.5 Å². The monoisotopic (exact) mass is 388 g/mol. The van der Waals surface area contributed by atoms with Crippen molar-refractivity contribution in [3.63, 3.8) is 0 Å². The normalized spacial score (nSPS) is 14.7. The second-order valence-electron chi connectivity index (χ2n) is 6.55. The number of benzene rings is 1. The van der Waals surface area contributed by atoms with Crippen molar-refractivity contribution in [3.05, 3.63) is 42.0 Å². The second-order valence-corrected chi connectivity index (χ2v) is 6.55. The fourth-order valence-electron chi connectivity index (χ4n) is 3.21. The van der Waals surface area contributed by atoms with Gasteiger partial charge in [-0.15, -0.1) is 0 Å². The van der Waals surface area contributed by atoms with Gasteiger partial charge in [-0.2, -0.15) is 0 Å². The molecule has 28 heavy (non-hydrogen) atoms. The number of carbonyl (C=O) groups excluding carboxylic acids is 1. The fraction of sp³-hybridized carbons (Fsp3) is 0.421. The van der Waals surface area contributed by atoms with Crippen LogP contribution in [0.4, 0.5) is 16.0 Å². The molecule has 1 fully saturated rings. The summed E-state index contributed by atoms with van der Waals surface area (Å²) in [4.78, 5) is 23.8. The molecule has 0 bridgehead atoms. The van der Waals surface area contributed by atoms with Crippen molar-refractivity contribution in [2.75, 3.05) is 56.6 Å². The molecule has 1 aromatic heterocycles. The number of anilines is 2. The third kappa shape index (κ3) is 5.07. The van der Waals surface area contributed by atoms with Crippen LogP contribution in [0.25, 0.3) is 0 Å². The Labute approximate surface area is 163 Å². The quantitative estimate of drug-likeness (QED) is 0.659. The Balaban J connectivity index is 1.42. The van der Waals surface area contributed by atoms with Gasteiger partial charge in [0, 0.05) is 45.0 Å². The maximum atomic E-state index is 13.6. The lowest BCUT2D eigenvalue weighted by atomic mass is 10.2. The molecule has 2 aromatic rings. The van der Waals surface area contributed by atoms with Gasteiger partial charge in [-0.1, -0.05) is 0 Å². The molecule has 150 valence electrons. The summed E-state index contributed by atoms with van der Waals surface area (Å²) in [5, 5.41) is 3.11. The number of piperazine rings is 1. The highest BCUT2D eigenvalue weighted by molar-refractivity contribution is 5.90. The van der Waals surface area contributed by atoms with E-state index in [0.717, 1.165) is 44.8 Å². The first-order valence-corrected chi connectivity index (χ1v) is 9.24. The number of hydrogen-bond donors (Lipinski definition) is 2. The average Bonchev–Trinajstić information content (AvgIpc) is 2.72. The third-order valence-electron chi connectivity index (χ3n) is 4.70. The zero-order valence-corrected chi connectivity index (χ0v) is 15.9. The summed E-state index contributed by atoms with van der Waals surface area (Å²) in [6.07, 6.45) is 2.42. The lowest BCUT2D eigenvalue weighted by Crippen LogP contribution is -2.47. The number of nitrogens with one attached hydrogen (secondary N) is 1. The molecule has 1 aromatic carbocycles. The highest BCUT2D eigenvalue weighted by atomic mass is 19.1. The van der Waals surface area contributed by atoms with Crippen LogP contribution >= 0.6 is 0 Å². The van der Waals surface area contributed by atoms with Crippen LogP contribution in [0.15, 0.2) is 30.5 Å². The summed E-state index contributed by atoms with van der Waals surface area (Å²) in [5.41, 5.74) is 6.22. The standard InChI is InChI=1S/C19H25FN6O2/c1-28-17-4-3-14(20)13-16(17)26-11-9-25(10-12-26)8-2-6-22-19-23-7-5-15(24-19)18(21)27/h3-5,7,13H,2,6,8-12H2,1H3,(H2,21,27)(H,22,23,24). The Morgan fingerprint density at radius 1 is 1.29 bits per heavy atom. The molecule has 2 heterocycles. The molecule has 9 heteroatoms. The predicted molar refractivity (Wildman–Crippen MR) is 105 cm³/mol. The van der Waals surface area contributed by atoms with Gasteiger partial charge in [0.25, 0.3) is 5.91 Å². The molecule has 8 nitrogen and oxygen atoms in total. The minimum absolute atomic E-state index is 0.196. The number of carbonyl (C=O) groups is 1. The molecule has 0 saturated carbocycles. The number of nitrogens with two attached hydrogens (primary N) is 1. The number of aromatic nitrogens is 2. The Morgan fingerprint density at radius 3 is 2.79 bits per heavy atom. The smallest absolute Gasteiger partial charge is 0.267 e. The van der Waals surface area contributed by atoms with E-state index in [4.69, 9.17) is 10.5 Å². The van der Waals surface area contributed by atoms with Crippen LogP contribution in [0.1, 0.15) is 16.9 Å². The summed E-state index contributed by atoms with van der Waals surface area (Å²) in [5.74, 6) is 0.265. The van der Waals surface area contributed by atoms with E-state index in [1.165, 1.54) is 24.4 Å². The topological polar surface area (TPSA) is 96.6 Å². The van der Waals surface area contributed by atoms with E-state index >= 15 is 0 Å². The summed E-state index contributed by atoms with van der Waals surface area (Å²) in [6, 6.07) is 6.09. The van der Waals surface area contributed by atoms with Gasteiger partial charge in [0.05, 0.1) is 12.8 Å². The van der Waals surface area contributed by atoms with Crippen molar-refractivity contribution in [2.24, 2.45) is 5.73 Å². The van der Waals surface area contributed by atoms with E-state index in [0.29, 0.717) is 18.2 Å². The van der Waals surface area contributed by atoms with E-state index in [1.807, 2.05) is 0 Å². The summed E-state index contributed by atoms with van der Waals surface area (Å²) >= 11 is 0. The minimum atomic E-state index is -0.571. The zero-order chi connectivity index (χ0) is 19.9. The Morgan fingerprint density at radius 2 is 2.07 bits per heavy atom. The largest absolute Gasteiger partial charge is 0.495 e. The lowest BCUT2D eigenvalue weighted by molar-refractivity contribution is 0.0995. The summed E-state index contributed by atoms with van der Waals surface area (Å²) in [7, 11) is 1.60. The predicted octanol–water partition coefficient (Wildman–Crippen LogP) is 1.35. The number of ether oxygens (including phenoxy) is 1. The van der Waals surface area contributed by atoms with Crippen molar-refractivity contribution < 1.29 is 13.9 Å². The fourth-order valence-corrected chi connectivity index (χ4v) is 3.21. The lowest BCUT2D eigenvalue weighted by Gasteiger charge is -2.36. The summed E-state index contributed by atoms with van der Waals surface area (Å²) < 4.78 is 18.9. The van der Waals surface area contributed by atoms with Gasteiger partial charge in [-0.3, -0.25) is 9.69 Å². The molecule has 0 radical (unpaired) electrons. The molecule has 0 unspecified atom stereocenters. The molecule has 1 saturated heterocycles. The molecule has 1 aliphatic rings. The maximum Gasteiger partial charge on any atom is 0.267 e. The average molecular weight is 388 g/mol. The van der Waals surface area contributed by atoms with Gasteiger partial charge in [-0.25, -0.2) is 14.4 Å². The van der Waals surface area contributed by atoms with E-state index < -0.39 is 5.91 Å². The van der Waals surface area contributed by atoms with E-state index in [2.05, 4.69) is 25.1 Å². The minimum Gasteiger partial charge on any atom is -0.495 e. The number of methoxy groups -OCH3 is 1. The van der Waals surface area contributed by atoms with Gasteiger partial charge in [0.15, 0.2) is 0 Å². The van der Waals surface area contributed by atoms with E-state index in [1.54, 1.807) is 13.2 Å². The molecule has 0 aliphatic carbocycles. The molecule has 3 rings (SSSR count). The zero-order valence-electron chi connectivity index (χ0n) is 15.9. The molecule has 1 aliphatic heterocycles. The maximum absolute atomic E-state index is 13.6. The van der Waals surface area contributed by atoms with Crippen LogP contribution in [0.2, 0.25) is 0 Å². The van der Waals surface area contributed by atoms with Crippen LogP contribution in [0, 0.1) is 5.82 Å². The van der Waals surface area contributed by atoms with Crippen molar-refractivity contribution in [1.82, 2.24) is 14.9 Å². The Hall–Kier alpha value is -2.94. The number of nitrogens with zero attached hydrogens (tertiary/aromatic N) is 4. The number of amides is 1. The molecule has 3 N–H and O–H groups in total. The SMILES string of the molecule is COc1ccc(F)cc1N1CCN(CCCNc2nccc(C(N)=O)n2)CC1. The van der Waals surface area contributed by atoms with Gasteiger partial charge in [-0.05, 0) is 31.2 Å². The highest BCUT2D eigenvalue weighted by Crippen LogP contribution is 2.29. The highest BCUT2D eigenvalue weighted by Gasteiger charge is 2.20. The first-order chi connectivity index (χ1) is 13.6. The van der Waals surface area contributed by atoms with Crippen LogP contribution in [0.3, 0.4) is 0 Å². The Bertz CT molecular complexity index is 811.